The van der Waals surface area contributed by atoms with E-state index >= 15 is 0 Å². The Kier molecular flexibility index (Phi) is 6.65. The number of amides is 2. The van der Waals surface area contributed by atoms with Crippen LogP contribution >= 0.6 is 0 Å². The van der Waals surface area contributed by atoms with Crippen molar-refractivity contribution in [1.82, 2.24) is 5.43 Å². The minimum Gasteiger partial charge on any atom is -0.497 e. The highest BCUT2D eigenvalue weighted by Crippen LogP contribution is 2.10. The number of rotatable bonds is 7. The van der Waals surface area contributed by atoms with E-state index in [0.717, 1.165) is 11.3 Å². The first-order chi connectivity index (χ1) is 12.1. The molecule has 2 N–H and O–H groups in total. The average molecular weight is 343 g/mol. The second-order valence-corrected chi connectivity index (χ2v) is 5.12. The van der Waals surface area contributed by atoms with Gasteiger partial charge in [-0.25, -0.2) is 9.82 Å². The molecule has 0 aliphatic carbocycles. The van der Waals surface area contributed by atoms with E-state index in [1.165, 1.54) is 30.5 Å². The fraction of sp³-hybridized carbons (Fsp3) is 0.167. The summed E-state index contributed by atoms with van der Waals surface area (Å²) in [7, 11) is 1.58. The Bertz CT molecular complexity index is 743. The molecule has 7 heteroatoms. The fourth-order valence-electron chi connectivity index (χ4n) is 1.91. The number of ether oxygens (including phenoxy) is 1. The van der Waals surface area contributed by atoms with Gasteiger partial charge in [0.15, 0.2) is 0 Å². The van der Waals surface area contributed by atoms with Gasteiger partial charge in [0.2, 0.25) is 11.8 Å². The summed E-state index contributed by atoms with van der Waals surface area (Å²) in [5.41, 5.74) is 3.63. The quantitative estimate of drug-likeness (QED) is 0.599. The standard InChI is InChI=1S/C18H18FN3O3/c1-25-16-8-2-13(3-9-16)12-20-22-18(24)11-10-17(23)21-15-6-4-14(19)5-7-15/h2-9,12H,10-11H2,1H3,(H,21,23)(H,22,24)/b20-12-. The Balaban J connectivity index is 1.71. The van der Waals surface area contributed by atoms with Gasteiger partial charge >= 0.3 is 0 Å². The van der Waals surface area contributed by atoms with Crippen LogP contribution in [0, 0.1) is 5.82 Å². The summed E-state index contributed by atoms with van der Waals surface area (Å²) in [6.07, 6.45) is 1.49. The first-order valence-electron chi connectivity index (χ1n) is 7.58. The Morgan fingerprint density at radius 2 is 1.68 bits per heavy atom. The number of nitrogens with one attached hydrogen (secondary N) is 2. The number of nitrogens with zero attached hydrogens (tertiary/aromatic N) is 1. The number of hydrogen-bond donors (Lipinski definition) is 2. The Hall–Kier alpha value is -3.22. The molecule has 0 aliphatic rings. The lowest BCUT2D eigenvalue weighted by Gasteiger charge is -2.04. The zero-order chi connectivity index (χ0) is 18.1. The predicted molar refractivity (Wildman–Crippen MR) is 93.0 cm³/mol. The van der Waals surface area contributed by atoms with Gasteiger partial charge in [0, 0.05) is 18.5 Å². The van der Waals surface area contributed by atoms with Crippen LogP contribution in [0.3, 0.4) is 0 Å². The molecule has 0 fully saturated rings. The largest absolute Gasteiger partial charge is 0.497 e. The number of halogens is 1. The van der Waals surface area contributed by atoms with E-state index in [2.05, 4.69) is 15.8 Å². The summed E-state index contributed by atoms with van der Waals surface area (Å²) in [6, 6.07) is 12.5. The van der Waals surface area contributed by atoms with Crippen molar-refractivity contribution in [3.63, 3.8) is 0 Å². The van der Waals surface area contributed by atoms with Gasteiger partial charge in [-0.2, -0.15) is 5.10 Å². The zero-order valence-electron chi connectivity index (χ0n) is 13.7. The normalized spacial score (nSPS) is 10.5. The highest BCUT2D eigenvalue weighted by atomic mass is 19.1. The number of carbonyl (C=O) groups is 2. The third-order valence-corrected chi connectivity index (χ3v) is 3.23. The van der Waals surface area contributed by atoms with E-state index in [9.17, 15) is 14.0 Å². The number of hydrogen-bond acceptors (Lipinski definition) is 4. The first kappa shape index (κ1) is 18.1. The molecule has 130 valence electrons. The summed E-state index contributed by atoms with van der Waals surface area (Å²) in [6.45, 7) is 0. The SMILES string of the molecule is COc1ccc(/C=N\NC(=O)CCC(=O)Nc2ccc(F)cc2)cc1. The minimum absolute atomic E-state index is 0.00126. The molecule has 6 nitrogen and oxygen atoms in total. The second kappa shape index (κ2) is 9.17. The molecule has 0 radical (unpaired) electrons. The molecule has 2 aromatic rings. The summed E-state index contributed by atoms with van der Waals surface area (Å²) < 4.78 is 17.8. The molecule has 25 heavy (non-hydrogen) atoms. The van der Waals surface area contributed by atoms with Gasteiger partial charge in [-0.3, -0.25) is 9.59 Å². The van der Waals surface area contributed by atoms with Crippen LogP contribution < -0.4 is 15.5 Å². The van der Waals surface area contributed by atoms with Crippen LogP contribution in [0.15, 0.2) is 53.6 Å². The summed E-state index contributed by atoms with van der Waals surface area (Å²) in [4.78, 5) is 23.4. The zero-order valence-corrected chi connectivity index (χ0v) is 13.7. The molecule has 0 aromatic heterocycles. The monoisotopic (exact) mass is 343 g/mol. The number of methoxy groups -OCH3 is 1. The van der Waals surface area contributed by atoms with Crippen molar-refractivity contribution in [2.24, 2.45) is 5.10 Å². The van der Waals surface area contributed by atoms with Crippen LogP contribution in [0.2, 0.25) is 0 Å². The minimum atomic E-state index is -0.382. The molecule has 0 aliphatic heterocycles. The van der Waals surface area contributed by atoms with Gasteiger partial charge in [0.25, 0.3) is 0 Å². The van der Waals surface area contributed by atoms with E-state index in [1.54, 1.807) is 31.4 Å². The van der Waals surface area contributed by atoms with Crippen molar-refractivity contribution in [3.8, 4) is 5.75 Å². The molecule has 0 atom stereocenters. The molecule has 2 aromatic carbocycles. The van der Waals surface area contributed by atoms with Gasteiger partial charge in [-0.1, -0.05) is 0 Å². The fourth-order valence-corrected chi connectivity index (χ4v) is 1.91. The van der Waals surface area contributed by atoms with Gasteiger partial charge in [0.05, 0.1) is 13.3 Å². The maximum atomic E-state index is 12.8. The lowest BCUT2D eigenvalue weighted by Crippen LogP contribution is -2.20. The van der Waals surface area contributed by atoms with Crippen molar-refractivity contribution >= 4 is 23.7 Å². The Morgan fingerprint density at radius 3 is 2.32 bits per heavy atom. The maximum absolute atomic E-state index is 12.8. The van der Waals surface area contributed by atoms with E-state index in [1.807, 2.05) is 0 Å². The van der Waals surface area contributed by atoms with E-state index < -0.39 is 0 Å². The second-order valence-electron chi connectivity index (χ2n) is 5.12. The van der Waals surface area contributed by atoms with Gasteiger partial charge in [-0.05, 0) is 54.1 Å². The molecule has 2 amide bonds. The first-order valence-corrected chi connectivity index (χ1v) is 7.58. The van der Waals surface area contributed by atoms with Gasteiger partial charge in [0.1, 0.15) is 11.6 Å². The van der Waals surface area contributed by atoms with Crippen LogP contribution in [0.1, 0.15) is 18.4 Å². The van der Waals surface area contributed by atoms with Crippen molar-refractivity contribution in [3.05, 3.63) is 59.9 Å². The van der Waals surface area contributed by atoms with Crippen LogP contribution in [0.5, 0.6) is 5.75 Å². The molecule has 2 rings (SSSR count). The van der Waals surface area contributed by atoms with Crippen LogP contribution in [-0.2, 0) is 9.59 Å². The van der Waals surface area contributed by atoms with Gasteiger partial charge in [-0.15, -0.1) is 0 Å². The molecule has 0 spiro atoms. The number of hydrazone groups is 1. The maximum Gasteiger partial charge on any atom is 0.240 e. The smallest absolute Gasteiger partial charge is 0.240 e. The number of carbonyl (C=O) groups excluding carboxylic acids is 2. The summed E-state index contributed by atoms with van der Waals surface area (Å²) in [5, 5.41) is 6.41. The molecular formula is C18H18FN3O3. The predicted octanol–water partition coefficient (Wildman–Crippen LogP) is 2.70. The summed E-state index contributed by atoms with van der Waals surface area (Å²) in [5.74, 6) is -0.361. The lowest BCUT2D eigenvalue weighted by atomic mass is 10.2. The average Bonchev–Trinajstić information content (AvgIpc) is 2.62. The number of benzene rings is 2. The summed E-state index contributed by atoms with van der Waals surface area (Å²) >= 11 is 0. The third kappa shape index (κ3) is 6.42. The third-order valence-electron chi connectivity index (χ3n) is 3.23. The molecule has 0 unspecified atom stereocenters. The van der Waals surface area contributed by atoms with E-state index in [4.69, 9.17) is 4.74 Å². The number of anilines is 1. The van der Waals surface area contributed by atoms with Crippen LogP contribution in [-0.4, -0.2) is 25.1 Å². The molecule has 0 heterocycles. The van der Waals surface area contributed by atoms with Crippen molar-refractivity contribution in [1.29, 1.82) is 0 Å². The van der Waals surface area contributed by atoms with Crippen LogP contribution in [0.25, 0.3) is 0 Å². The topological polar surface area (TPSA) is 79.8 Å². The van der Waals surface area contributed by atoms with Crippen molar-refractivity contribution in [2.75, 3.05) is 12.4 Å². The Morgan fingerprint density at radius 1 is 1.04 bits per heavy atom. The van der Waals surface area contributed by atoms with E-state index in [-0.39, 0.29) is 30.5 Å². The lowest BCUT2D eigenvalue weighted by molar-refractivity contribution is -0.124. The molecular weight excluding hydrogens is 325 g/mol. The van der Waals surface area contributed by atoms with Crippen molar-refractivity contribution in [2.45, 2.75) is 12.8 Å². The highest BCUT2D eigenvalue weighted by molar-refractivity contribution is 5.93. The molecule has 0 saturated heterocycles. The van der Waals surface area contributed by atoms with Gasteiger partial charge < -0.3 is 10.1 Å². The molecule has 0 bridgehead atoms. The van der Waals surface area contributed by atoms with E-state index in [0.29, 0.717) is 5.69 Å². The van der Waals surface area contributed by atoms with Crippen LogP contribution in [0.4, 0.5) is 10.1 Å². The molecule has 0 saturated carbocycles. The highest BCUT2D eigenvalue weighted by Gasteiger charge is 2.06. The Labute approximate surface area is 144 Å². The van der Waals surface area contributed by atoms with Crippen molar-refractivity contribution < 1.29 is 18.7 Å².